The van der Waals surface area contributed by atoms with E-state index in [1.807, 2.05) is 0 Å². The predicted octanol–water partition coefficient (Wildman–Crippen LogP) is 3.16. The second-order valence-electron chi connectivity index (χ2n) is 4.79. The van der Waals surface area contributed by atoms with Crippen LogP contribution in [0, 0.1) is 23.7 Å². The van der Waals surface area contributed by atoms with E-state index >= 15 is 0 Å². The van der Waals surface area contributed by atoms with Gasteiger partial charge in [-0.1, -0.05) is 23.3 Å². The van der Waals surface area contributed by atoms with Crippen LogP contribution in [0.2, 0.25) is 0 Å². The fourth-order valence-electron chi connectivity index (χ4n) is 3.74. The van der Waals surface area contributed by atoms with Crippen molar-refractivity contribution in [3.63, 3.8) is 0 Å². The van der Waals surface area contributed by atoms with Gasteiger partial charge in [-0.3, -0.25) is 0 Å². The molecule has 3 rings (SSSR count). The van der Waals surface area contributed by atoms with Crippen LogP contribution in [0.5, 0.6) is 0 Å². The molecule has 64 valence electrons. The summed E-state index contributed by atoms with van der Waals surface area (Å²) in [5.74, 6) is 3.81. The number of hydrogen-bond donors (Lipinski definition) is 0. The summed E-state index contributed by atoms with van der Waals surface area (Å²) in [6, 6.07) is 0. The van der Waals surface area contributed by atoms with Crippen molar-refractivity contribution >= 4 is 0 Å². The van der Waals surface area contributed by atoms with Crippen LogP contribution >= 0.6 is 0 Å². The lowest BCUT2D eigenvalue weighted by molar-refractivity contribution is 0.376. The first kappa shape index (κ1) is 6.94. The zero-order valence-corrected chi connectivity index (χ0v) is 7.88. The number of hydrogen-bond acceptors (Lipinski definition) is 0. The normalized spacial score (nSPS) is 49.2. The lowest BCUT2D eigenvalue weighted by Gasteiger charge is -2.25. The maximum Gasteiger partial charge on any atom is -0.0103 e. The van der Waals surface area contributed by atoms with Gasteiger partial charge in [0.1, 0.15) is 0 Å². The van der Waals surface area contributed by atoms with Gasteiger partial charge in [-0.2, -0.15) is 0 Å². The molecule has 0 aromatic heterocycles. The van der Waals surface area contributed by atoms with Crippen molar-refractivity contribution in [2.75, 3.05) is 0 Å². The van der Waals surface area contributed by atoms with Gasteiger partial charge >= 0.3 is 0 Å². The van der Waals surface area contributed by atoms with Crippen molar-refractivity contribution in [2.45, 2.75) is 26.7 Å². The highest BCUT2D eigenvalue weighted by Gasteiger charge is 2.48. The molecule has 0 radical (unpaired) electrons. The predicted molar refractivity (Wildman–Crippen MR) is 50.7 cm³/mol. The van der Waals surface area contributed by atoms with Crippen LogP contribution in [-0.2, 0) is 0 Å². The largest absolute Gasteiger partial charge is 0.0850 e. The van der Waals surface area contributed by atoms with E-state index in [-0.39, 0.29) is 0 Å². The summed E-state index contributed by atoms with van der Waals surface area (Å²) in [5, 5.41) is 0. The Morgan fingerprint density at radius 2 is 2.08 bits per heavy atom. The molecule has 0 aliphatic heterocycles. The van der Waals surface area contributed by atoms with Crippen LogP contribution in [-0.4, -0.2) is 0 Å². The molecule has 1 saturated carbocycles. The summed E-state index contributed by atoms with van der Waals surface area (Å²) in [6.07, 6.45) is 7.84. The smallest absolute Gasteiger partial charge is 0.0103 e. The first-order valence-electron chi connectivity index (χ1n) is 5.12. The van der Waals surface area contributed by atoms with Crippen LogP contribution in [0.1, 0.15) is 26.7 Å². The van der Waals surface area contributed by atoms with Crippen molar-refractivity contribution in [1.29, 1.82) is 0 Å². The Balaban J connectivity index is 2.03. The molecule has 0 heterocycles. The van der Waals surface area contributed by atoms with Gasteiger partial charge in [0, 0.05) is 0 Å². The molecule has 3 aliphatic carbocycles. The van der Waals surface area contributed by atoms with Crippen molar-refractivity contribution in [2.24, 2.45) is 23.7 Å². The van der Waals surface area contributed by atoms with Crippen LogP contribution in [0.25, 0.3) is 0 Å². The van der Waals surface area contributed by atoms with Crippen molar-refractivity contribution < 1.29 is 0 Å². The minimum absolute atomic E-state index is 0.929. The zero-order valence-electron chi connectivity index (χ0n) is 7.88. The van der Waals surface area contributed by atoms with E-state index in [4.69, 9.17) is 0 Å². The summed E-state index contributed by atoms with van der Waals surface area (Å²) in [4.78, 5) is 0. The van der Waals surface area contributed by atoms with E-state index in [0.29, 0.717) is 0 Å². The molecule has 0 aromatic carbocycles. The molecular weight excluding hydrogens is 144 g/mol. The van der Waals surface area contributed by atoms with Gasteiger partial charge in [-0.25, -0.2) is 0 Å². The topological polar surface area (TPSA) is 0 Å². The Morgan fingerprint density at radius 1 is 1.25 bits per heavy atom. The molecule has 3 aliphatic rings. The highest BCUT2D eigenvalue weighted by atomic mass is 14.5. The summed E-state index contributed by atoms with van der Waals surface area (Å²) < 4.78 is 0. The Morgan fingerprint density at radius 3 is 2.92 bits per heavy atom. The van der Waals surface area contributed by atoms with E-state index < -0.39 is 0 Å². The summed E-state index contributed by atoms with van der Waals surface area (Å²) in [6.45, 7) is 4.66. The van der Waals surface area contributed by atoms with E-state index in [0.717, 1.165) is 23.7 Å². The van der Waals surface area contributed by atoms with Crippen LogP contribution in [0.15, 0.2) is 23.3 Å². The fourth-order valence-corrected chi connectivity index (χ4v) is 3.74. The first-order chi connectivity index (χ1) is 5.77. The molecule has 4 unspecified atom stereocenters. The van der Waals surface area contributed by atoms with Gasteiger partial charge in [0.25, 0.3) is 0 Å². The molecule has 0 spiro atoms. The molecule has 0 amide bonds. The average molecular weight is 160 g/mol. The van der Waals surface area contributed by atoms with Gasteiger partial charge in [0.05, 0.1) is 0 Å². The monoisotopic (exact) mass is 160 g/mol. The van der Waals surface area contributed by atoms with E-state index in [2.05, 4.69) is 26.0 Å². The molecular formula is C12H16. The van der Waals surface area contributed by atoms with Crippen LogP contribution < -0.4 is 0 Å². The quantitative estimate of drug-likeness (QED) is 0.477. The van der Waals surface area contributed by atoms with E-state index in [1.54, 1.807) is 11.1 Å². The second kappa shape index (κ2) is 2.04. The average Bonchev–Trinajstić information content (AvgIpc) is 2.62. The lowest BCUT2D eigenvalue weighted by Crippen LogP contribution is -2.17. The minimum atomic E-state index is 0.929. The van der Waals surface area contributed by atoms with Gasteiger partial charge < -0.3 is 0 Å². The molecule has 1 fully saturated rings. The maximum atomic E-state index is 2.54. The summed E-state index contributed by atoms with van der Waals surface area (Å²) >= 11 is 0. The third kappa shape index (κ3) is 0.646. The van der Waals surface area contributed by atoms with E-state index in [1.165, 1.54) is 12.8 Å². The molecule has 12 heavy (non-hydrogen) atoms. The third-order valence-corrected chi connectivity index (χ3v) is 4.27. The highest BCUT2D eigenvalue weighted by molar-refractivity contribution is 5.31. The van der Waals surface area contributed by atoms with E-state index in [9.17, 15) is 0 Å². The number of fused-ring (bicyclic) bond motifs is 5. The van der Waals surface area contributed by atoms with Crippen LogP contribution in [0.4, 0.5) is 0 Å². The minimum Gasteiger partial charge on any atom is -0.0850 e. The first-order valence-corrected chi connectivity index (χ1v) is 5.12. The Hall–Kier alpha value is -0.520. The van der Waals surface area contributed by atoms with Gasteiger partial charge in [-0.05, 0) is 50.4 Å². The molecule has 2 bridgehead atoms. The zero-order chi connectivity index (χ0) is 8.29. The van der Waals surface area contributed by atoms with Crippen molar-refractivity contribution in [3.8, 4) is 0 Å². The lowest BCUT2D eigenvalue weighted by atomic mass is 9.79. The van der Waals surface area contributed by atoms with Crippen LogP contribution in [0.3, 0.4) is 0 Å². The third-order valence-electron chi connectivity index (χ3n) is 4.27. The number of rotatable bonds is 0. The molecule has 4 atom stereocenters. The molecule has 0 heteroatoms. The number of allylic oxidation sites excluding steroid dienone is 4. The molecule has 0 aromatic rings. The van der Waals surface area contributed by atoms with Crippen molar-refractivity contribution in [1.82, 2.24) is 0 Å². The fraction of sp³-hybridized carbons (Fsp3) is 0.667. The molecule has 0 saturated heterocycles. The summed E-state index contributed by atoms with van der Waals surface area (Å²) in [7, 11) is 0. The molecule has 0 N–H and O–H groups in total. The molecule has 0 nitrogen and oxygen atoms in total. The SMILES string of the molecule is CC1=CC2CC1C1C(C)=CCC21. The van der Waals surface area contributed by atoms with Gasteiger partial charge in [-0.15, -0.1) is 0 Å². The second-order valence-corrected chi connectivity index (χ2v) is 4.79. The van der Waals surface area contributed by atoms with Gasteiger partial charge in [0.2, 0.25) is 0 Å². The Bertz CT molecular complexity index is 282. The highest BCUT2D eigenvalue weighted by Crippen LogP contribution is 2.57. The maximum absolute atomic E-state index is 2.54. The van der Waals surface area contributed by atoms with Crippen molar-refractivity contribution in [3.05, 3.63) is 23.3 Å². The Labute approximate surface area is 74.4 Å². The summed E-state index contributed by atoms with van der Waals surface area (Å²) in [5.41, 5.74) is 3.36. The standard InChI is InChI=1S/C12H16/c1-7-3-4-10-9-5-8(2)11(6-9)12(7)10/h3,5,9-12H,4,6H2,1-2H3. The Kier molecular flexibility index (Phi) is 1.18. The van der Waals surface area contributed by atoms with Gasteiger partial charge in [0.15, 0.2) is 0 Å².